The van der Waals surface area contributed by atoms with Gasteiger partial charge in [-0.2, -0.15) is 0 Å². The molecule has 2 saturated heterocycles. The van der Waals surface area contributed by atoms with E-state index < -0.39 is 0 Å². The summed E-state index contributed by atoms with van der Waals surface area (Å²) in [6.45, 7) is 6.86. The fourth-order valence-electron chi connectivity index (χ4n) is 3.37. The van der Waals surface area contributed by atoms with Crippen LogP contribution >= 0.6 is 15.9 Å². The van der Waals surface area contributed by atoms with Crippen molar-refractivity contribution in [3.8, 4) is 0 Å². The zero-order valence-electron chi connectivity index (χ0n) is 12.4. The standard InChI is InChI=1S/C16H22BrN3O/c1-11-2-3-15(14(17)6-11)19-16(21)10-20-5-4-12-7-18-8-13(12)9-20/h2-3,6,12-13,18H,4-5,7-10H2,1H3,(H,19,21). The Morgan fingerprint density at radius 1 is 1.43 bits per heavy atom. The number of piperidine rings is 1. The summed E-state index contributed by atoms with van der Waals surface area (Å²) < 4.78 is 0.939. The zero-order chi connectivity index (χ0) is 14.8. The van der Waals surface area contributed by atoms with Gasteiger partial charge in [-0.25, -0.2) is 0 Å². The number of benzene rings is 1. The van der Waals surface area contributed by atoms with Crippen LogP contribution in [0.4, 0.5) is 5.69 Å². The van der Waals surface area contributed by atoms with Gasteiger partial charge in [0.2, 0.25) is 5.91 Å². The molecule has 1 aromatic rings. The molecule has 0 saturated carbocycles. The molecule has 0 radical (unpaired) electrons. The summed E-state index contributed by atoms with van der Waals surface area (Å²) in [7, 11) is 0. The number of hydrogen-bond donors (Lipinski definition) is 2. The minimum Gasteiger partial charge on any atom is -0.324 e. The van der Waals surface area contributed by atoms with Crippen LogP contribution in [0.5, 0.6) is 0 Å². The maximum atomic E-state index is 12.2. The first kappa shape index (κ1) is 15.0. The second kappa shape index (κ2) is 6.46. The van der Waals surface area contributed by atoms with Crippen molar-refractivity contribution in [2.45, 2.75) is 13.3 Å². The highest BCUT2D eigenvalue weighted by molar-refractivity contribution is 9.10. The number of nitrogens with one attached hydrogen (secondary N) is 2. The highest BCUT2D eigenvalue weighted by Gasteiger charge is 2.33. The van der Waals surface area contributed by atoms with Crippen LogP contribution in [0.3, 0.4) is 0 Å². The Morgan fingerprint density at radius 2 is 2.24 bits per heavy atom. The van der Waals surface area contributed by atoms with E-state index in [2.05, 4.69) is 31.5 Å². The average Bonchev–Trinajstić information content (AvgIpc) is 2.89. The van der Waals surface area contributed by atoms with Crippen LogP contribution in [-0.2, 0) is 4.79 Å². The summed E-state index contributed by atoms with van der Waals surface area (Å²) in [5.74, 6) is 1.61. The first-order valence-electron chi connectivity index (χ1n) is 7.61. The summed E-state index contributed by atoms with van der Waals surface area (Å²) in [5.41, 5.74) is 2.03. The zero-order valence-corrected chi connectivity index (χ0v) is 13.9. The Kier molecular flexibility index (Phi) is 4.62. The van der Waals surface area contributed by atoms with E-state index in [-0.39, 0.29) is 5.91 Å². The summed E-state index contributed by atoms with van der Waals surface area (Å²) in [6.07, 6.45) is 1.21. The highest BCUT2D eigenvalue weighted by Crippen LogP contribution is 2.27. The van der Waals surface area contributed by atoms with Gasteiger partial charge in [0.1, 0.15) is 0 Å². The predicted molar refractivity (Wildman–Crippen MR) is 88.4 cm³/mol. The largest absolute Gasteiger partial charge is 0.324 e. The Balaban J connectivity index is 1.54. The molecule has 1 amide bonds. The maximum Gasteiger partial charge on any atom is 0.238 e. The normalized spacial score (nSPS) is 25.6. The van der Waals surface area contributed by atoms with E-state index in [4.69, 9.17) is 0 Å². The third-order valence-electron chi connectivity index (χ3n) is 4.55. The van der Waals surface area contributed by atoms with Crippen molar-refractivity contribution in [1.82, 2.24) is 10.2 Å². The Morgan fingerprint density at radius 3 is 3.05 bits per heavy atom. The van der Waals surface area contributed by atoms with Crippen LogP contribution < -0.4 is 10.6 Å². The van der Waals surface area contributed by atoms with Crippen LogP contribution in [0.2, 0.25) is 0 Å². The van der Waals surface area contributed by atoms with Crippen LogP contribution in [0.25, 0.3) is 0 Å². The summed E-state index contributed by atoms with van der Waals surface area (Å²) in [4.78, 5) is 14.5. The fourth-order valence-corrected chi connectivity index (χ4v) is 3.96. The molecule has 0 spiro atoms. The highest BCUT2D eigenvalue weighted by atomic mass is 79.9. The Bertz CT molecular complexity index is 534. The molecule has 3 rings (SSSR count). The number of anilines is 1. The van der Waals surface area contributed by atoms with Crippen molar-refractivity contribution in [1.29, 1.82) is 0 Å². The number of fused-ring (bicyclic) bond motifs is 1. The van der Waals surface area contributed by atoms with Gasteiger partial charge in [0, 0.05) is 11.0 Å². The quantitative estimate of drug-likeness (QED) is 0.877. The van der Waals surface area contributed by atoms with Crippen molar-refractivity contribution in [3.05, 3.63) is 28.2 Å². The third-order valence-corrected chi connectivity index (χ3v) is 5.21. The van der Waals surface area contributed by atoms with E-state index in [9.17, 15) is 4.79 Å². The lowest BCUT2D eigenvalue weighted by Gasteiger charge is -2.33. The minimum atomic E-state index is 0.0731. The number of rotatable bonds is 3. The first-order valence-corrected chi connectivity index (χ1v) is 8.40. The van der Waals surface area contributed by atoms with E-state index in [0.717, 1.165) is 48.2 Å². The molecular formula is C16H22BrN3O. The molecule has 2 aliphatic rings. The van der Waals surface area contributed by atoms with Crippen molar-refractivity contribution >= 4 is 27.5 Å². The number of halogens is 1. The maximum absolute atomic E-state index is 12.2. The van der Waals surface area contributed by atoms with E-state index >= 15 is 0 Å². The number of hydrogen-bond acceptors (Lipinski definition) is 3. The molecule has 114 valence electrons. The van der Waals surface area contributed by atoms with E-state index in [1.165, 1.54) is 12.0 Å². The van der Waals surface area contributed by atoms with Crippen LogP contribution in [-0.4, -0.2) is 43.5 Å². The topological polar surface area (TPSA) is 44.4 Å². The molecule has 4 nitrogen and oxygen atoms in total. The lowest BCUT2D eigenvalue weighted by Crippen LogP contribution is -2.43. The second-order valence-electron chi connectivity index (χ2n) is 6.23. The third kappa shape index (κ3) is 3.65. The van der Waals surface area contributed by atoms with Gasteiger partial charge < -0.3 is 10.6 Å². The molecule has 21 heavy (non-hydrogen) atoms. The summed E-state index contributed by atoms with van der Waals surface area (Å²) in [5, 5.41) is 6.46. The molecule has 2 unspecified atom stereocenters. The minimum absolute atomic E-state index is 0.0731. The number of likely N-dealkylation sites (tertiary alicyclic amines) is 1. The molecule has 0 aromatic heterocycles. The van der Waals surface area contributed by atoms with Crippen molar-refractivity contribution in [3.63, 3.8) is 0 Å². The van der Waals surface area contributed by atoms with E-state index in [1.54, 1.807) is 0 Å². The van der Waals surface area contributed by atoms with Gasteiger partial charge in [0.05, 0.1) is 12.2 Å². The molecule has 2 aliphatic heterocycles. The molecule has 2 fully saturated rings. The van der Waals surface area contributed by atoms with Gasteiger partial charge in [-0.1, -0.05) is 6.07 Å². The Labute approximate surface area is 134 Å². The second-order valence-corrected chi connectivity index (χ2v) is 7.09. The van der Waals surface area contributed by atoms with Crippen molar-refractivity contribution in [2.75, 3.05) is 38.0 Å². The number of carbonyl (C=O) groups excluding carboxylic acids is 1. The molecule has 2 N–H and O–H groups in total. The van der Waals surface area contributed by atoms with Crippen LogP contribution in [0.15, 0.2) is 22.7 Å². The van der Waals surface area contributed by atoms with Crippen molar-refractivity contribution < 1.29 is 4.79 Å². The van der Waals surface area contributed by atoms with Gasteiger partial charge in [0.25, 0.3) is 0 Å². The lowest BCUT2D eigenvalue weighted by molar-refractivity contribution is -0.117. The van der Waals surface area contributed by atoms with Crippen molar-refractivity contribution in [2.24, 2.45) is 11.8 Å². The molecule has 5 heteroatoms. The molecular weight excluding hydrogens is 330 g/mol. The van der Waals surface area contributed by atoms with E-state index in [1.807, 2.05) is 25.1 Å². The van der Waals surface area contributed by atoms with Gasteiger partial charge >= 0.3 is 0 Å². The van der Waals surface area contributed by atoms with Gasteiger partial charge in [0.15, 0.2) is 0 Å². The van der Waals surface area contributed by atoms with E-state index in [0.29, 0.717) is 6.54 Å². The van der Waals surface area contributed by atoms with Gasteiger partial charge in [-0.05, 0) is 78.4 Å². The summed E-state index contributed by atoms with van der Waals surface area (Å²) >= 11 is 3.50. The number of nitrogens with zero attached hydrogens (tertiary/aromatic N) is 1. The monoisotopic (exact) mass is 351 g/mol. The molecule has 2 heterocycles. The number of amides is 1. The van der Waals surface area contributed by atoms with Crippen LogP contribution in [0, 0.1) is 18.8 Å². The SMILES string of the molecule is Cc1ccc(NC(=O)CN2CCC3CNCC3C2)c(Br)c1. The first-order chi connectivity index (χ1) is 10.1. The fraction of sp³-hybridized carbons (Fsp3) is 0.562. The molecule has 1 aromatic carbocycles. The van der Waals surface area contributed by atoms with Gasteiger partial charge in [-0.3, -0.25) is 9.69 Å². The van der Waals surface area contributed by atoms with Gasteiger partial charge in [-0.15, -0.1) is 0 Å². The predicted octanol–water partition coefficient (Wildman–Crippen LogP) is 2.24. The van der Waals surface area contributed by atoms with Crippen LogP contribution in [0.1, 0.15) is 12.0 Å². The molecule has 0 aliphatic carbocycles. The smallest absolute Gasteiger partial charge is 0.238 e. The molecule has 0 bridgehead atoms. The summed E-state index contributed by atoms with van der Waals surface area (Å²) in [6, 6.07) is 5.98. The average molecular weight is 352 g/mol. The molecule has 2 atom stereocenters. The lowest BCUT2D eigenvalue weighted by atomic mass is 9.89. The number of aryl methyl sites for hydroxylation is 1. The Hall–Kier alpha value is -0.910. The number of carbonyl (C=O) groups is 1.